The number of hydrogen-bond acceptors (Lipinski definition) is 6. The predicted octanol–water partition coefficient (Wildman–Crippen LogP) is 4.83. The molecule has 3 rings (SSSR count). The minimum atomic E-state index is -0.523. The second-order valence-corrected chi connectivity index (χ2v) is 5.60. The number of esters is 1. The predicted molar refractivity (Wildman–Crippen MR) is 104 cm³/mol. The fraction of sp³-hybridized carbons (Fsp3) is 0.0909. The number of carbonyl (C=O) groups excluding carboxylic acids is 1. The van der Waals surface area contributed by atoms with Crippen molar-refractivity contribution in [2.45, 2.75) is 0 Å². The van der Waals surface area contributed by atoms with Gasteiger partial charge in [-0.05, 0) is 24.3 Å². The lowest BCUT2D eigenvalue weighted by Gasteiger charge is -2.13. The van der Waals surface area contributed by atoms with Crippen molar-refractivity contribution < 1.29 is 23.7 Å². The Balaban J connectivity index is 1.87. The highest BCUT2D eigenvalue weighted by Gasteiger charge is 2.18. The first kappa shape index (κ1) is 19.0. The van der Waals surface area contributed by atoms with Gasteiger partial charge in [0.05, 0.1) is 20.5 Å². The van der Waals surface area contributed by atoms with Crippen molar-refractivity contribution in [1.29, 1.82) is 0 Å². The maximum Gasteiger partial charge on any atom is 0.341 e. The molecular formula is C22H19NO5. The molecule has 0 aliphatic carbocycles. The number of benzene rings is 2. The number of para-hydroxylation sites is 1. The molecule has 0 N–H and O–H groups in total. The summed E-state index contributed by atoms with van der Waals surface area (Å²) in [6, 6.07) is 19.7. The van der Waals surface area contributed by atoms with Gasteiger partial charge in [0.1, 0.15) is 22.8 Å². The lowest BCUT2D eigenvalue weighted by Crippen LogP contribution is -2.05. The summed E-state index contributed by atoms with van der Waals surface area (Å²) in [4.78, 5) is 16.2. The second-order valence-electron chi connectivity index (χ2n) is 5.60. The lowest BCUT2D eigenvalue weighted by molar-refractivity contribution is -0.133. The highest BCUT2D eigenvalue weighted by molar-refractivity contribution is 6.17. The molecule has 0 spiro atoms. The van der Waals surface area contributed by atoms with Crippen molar-refractivity contribution in [3.8, 4) is 23.1 Å². The first-order valence-corrected chi connectivity index (χ1v) is 8.48. The molecule has 0 bridgehead atoms. The molecule has 0 aliphatic rings. The fourth-order valence-corrected chi connectivity index (χ4v) is 2.48. The maximum absolute atomic E-state index is 12.1. The quantitative estimate of drug-likeness (QED) is 0.334. The Kier molecular flexibility index (Phi) is 6.25. The van der Waals surface area contributed by atoms with Crippen molar-refractivity contribution in [2.75, 3.05) is 14.2 Å². The van der Waals surface area contributed by atoms with Gasteiger partial charge < -0.3 is 18.9 Å². The Bertz CT molecular complexity index is 969. The van der Waals surface area contributed by atoms with Crippen LogP contribution in [-0.4, -0.2) is 25.2 Å². The topological polar surface area (TPSA) is 66.9 Å². The molecule has 0 atom stereocenters. The van der Waals surface area contributed by atoms with E-state index < -0.39 is 5.97 Å². The number of nitrogens with zero attached hydrogens (tertiary/aromatic N) is 1. The molecule has 0 fully saturated rings. The smallest absolute Gasteiger partial charge is 0.341 e. The monoisotopic (exact) mass is 377 g/mol. The zero-order chi connectivity index (χ0) is 19.8. The summed E-state index contributed by atoms with van der Waals surface area (Å²) < 4.78 is 21.6. The van der Waals surface area contributed by atoms with Crippen LogP contribution < -0.4 is 9.47 Å². The first-order chi connectivity index (χ1) is 13.7. The molecule has 142 valence electrons. The SMILES string of the molecule is COC=C(C(=O)OC)c1ccccc1Oc1cccc(Oc2ccccn2)c1. The van der Waals surface area contributed by atoms with Gasteiger partial charge in [0.15, 0.2) is 0 Å². The third kappa shape index (κ3) is 4.67. The number of ether oxygens (including phenoxy) is 4. The van der Waals surface area contributed by atoms with Crippen LogP contribution in [-0.2, 0) is 14.3 Å². The molecule has 2 aromatic carbocycles. The zero-order valence-electron chi connectivity index (χ0n) is 15.5. The molecule has 1 heterocycles. The van der Waals surface area contributed by atoms with E-state index in [2.05, 4.69) is 4.98 Å². The fourth-order valence-electron chi connectivity index (χ4n) is 2.48. The van der Waals surface area contributed by atoms with Gasteiger partial charge in [0.2, 0.25) is 5.88 Å². The minimum Gasteiger partial charge on any atom is -0.503 e. The average molecular weight is 377 g/mol. The molecule has 3 aromatic rings. The van der Waals surface area contributed by atoms with E-state index in [1.54, 1.807) is 48.7 Å². The summed E-state index contributed by atoms with van der Waals surface area (Å²) in [7, 11) is 2.78. The van der Waals surface area contributed by atoms with Gasteiger partial charge in [0.25, 0.3) is 0 Å². The Labute approximate surface area is 163 Å². The standard InChI is InChI=1S/C22H19NO5/c1-25-15-19(22(24)26-2)18-10-3-4-11-20(18)27-16-8-7-9-17(14-16)28-21-12-5-6-13-23-21/h3-15H,1-2H3. The normalized spacial score (nSPS) is 10.9. The molecule has 0 saturated carbocycles. The van der Waals surface area contributed by atoms with Crippen molar-refractivity contribution in [2.24, 2.45) is 0 Å². The molecular weight excluding hydrogens is 358 g/mol. The van der Waals surface area contributed by atoms with Crippen LogP contribution in [0.3, 0.4) is 0 Å². The largest absolute Gasteiger partial charge is 0.503 e. The third-order valence-corrected chi connectivity index (χ3v) is 3.71. The average Bonchev–Trinajstić information content (AvgIpc) is 2.73. The van der Waals surface area contributed by atoms with E-state index >= 15 is 0 Å². The van der Waals surface area contributed by atoms with E-state index in [4.69, 9.17) is 18.9 Å². The van der Waals surface area contributed by atoms with Crippen LogP contribution in [0, 0.1) is 0 Å². The van der Waals surface area contributed by atoms with E-state index in [1.165, 1.54) is 20.5 Å². The summed E-state index contributed by atoms with van der Waals surface area (Å²) >= 11 is 0. The summed E-state index contributed by atoms with van der Waals surface area (Å²) in [6.45, 7) is 0. The summed E-state index contributed by atoms with van der Waals surface area (Å²) in [5, 5.41) is 0. The molecule has 0 amide bonds. The van der Waals surface area contributed by atoms with Crippen LogP contribution in [0.25, 0.3) is 5.57 Å². The third-order valence-electron chi connectivity index (χ3n) is 3.71. The highest BCUT2D eigenvalue weighted by Crippen LogP contribution is 2.33. The van der Waals surface area contributed by atoms with Crippen LogP contribution in [0.5, 0.6) is 23.1 Å². The van der Waals surface area contributed by atoms with Gasteiger partial charge in [-0.15, -0.1) is 0 Å². The van der Waals surface area contributed by atoms with Crippen molar-refractivity contribution in [1.82, 2.24) is 4.98 Å². The molecule has 6 heteroatoms. The zero-order valence-corrected chi connectivity index (χ0v) is 15.5. The molecule has 6 nitrogen and oxygen atoms in total. The molecule has 1 aromatic heterocycles. The van der Waals surface area contributed by atoms with Crippen LogP contribution >= 0.6 is 0 Å². The number of rotatable bonds is 7. The van der Waals surface area contributed by atoms with Crippen LogP contribution in [0.4, 0.5) is 0 Å². The Hall–Kier alpha value is -3.80. The lowest BCUT2D eigenvalue weighted by atomic mass is 10.1. The van der Waals surface area contributed by atoms with E-state index in [-0.39, 0.29) is 5.57 Å². The number of carbonyl (C=O) groups is 1. The van der Waals surface area contributed by atoms with E-state index in [0.717, 1.165) is 0 Å². The van der Waals surface area contributed by atoms with Crippen molar-refractivity contribution in [3.63, 3.8) is 0 Å². The van der Waals surface area contributed by atoms with E-state index in [0.29, 0.717) is 28.7 Å². The first-order valence-electron chi connectivity index (χ1n) is 8.48. The van der Waals surface area contributed by atoms with Gasteiger partial charge in [-0.25, -0.2) is 9.78 Å². The van der Waals surface area contributed by atoms with Gasteiger partial charge >= 0.3 is 5.97 Å². The number of aromatic nitrogens is 1. The summed E-state index contributed by atoms with van der Waals surface area (Å²) in [5.41, 5.74) is 0.800. The number of hydrogen-bond donors (Lipinski definition) is 0. The Morgan fingerprint density at radius 2 is 1.64 bits per heavy atom. The minimum absolute atomic E-state index is 0.251. The summed E-state index contributed by atoms with van der Waals surface area (Å²) in [5.74, 6) is 1.56. The Morgan fingerprint density at radius 3 is 2.36 bits per heavy atom. The molecule has 0 aliphatic heterocycles. The van der Waals surface area contributed by atoms with E-state index in [1.807, 2.05) is 24.3 Å². The van der Waals surface area contributed by atoms with Crippen molar-refractivity contribution in [3.05, 3.63) is 84.8 Å². The number of pyridine rings is 1. The highest BCUT2D eigenvalue weighted by atomic mass is 16.5. The van der Waals surface area contributed by atoms with Gasteiger partial charge in [0, 0.05) is 23.9 Å². The number of methoxy groups -OCH3 is 2. The summed E-state index contributed by atoms with van der Waals surface area (Å²) in [6.07, 6.45) is 2.98. The Morgan fingerprint density at radius 1 is 0.893 bits per heavy atom. The molecule has 0 radical (unpaired) electrons. The van der Waals surface area contributed by atoms with Crippen LogP contribution in [0.2, 0.25) is 0 Å². The van der Waals surface area contributed by atoms with Crippen LogP contribution in [0.15, 0.2) is 79.2 Å². The maximum atomic E-state index is 12.1. The van der Waals surface area contributed by atoms with E-state index in [9.17, 15) is 4.79 Å². The molecule has 28 heavy (non-hydrogen) atoms. The van der Waals surface area contributed by atoms with Gasteiger partial charge in [-0.3, -0.25) is 0 Å². The van der Waals surface area contributed by atoms with Gasteiger partial charge in [-0.1, -0.05) is 30.3 Å². The molecule has 0 saturated heterocycles. The van der Waals surface area contributed by atoms with Gasteiger partial charge in [-0.2, -0.15) is 0 Å². The molecule has 0 unspecified atom stereocenters. The van der Waals surface area contributed by atoms with Crippen LogP contribution in [0.1, 0.15) is 5.56 Å². The second kappa shape index (κ2) is 9.23. The van der Waals surface area contributed by atoms with Crippen molar-refractivity contribution >= 4 is 11.5 Å².